The minimum atomic E-state index is -0.366. The normalized spacial score (nSPS) is 23.9. The van der Waals surface area contributed by atoms with E-state index < -0.39 is 0 Å². The Hall–Kier alpha value is -1.10. The third-order valence-corrected chi connectivity index (χ3v) is 3.43. The highest BCUT2D eigenvalue weighted by Crippen LogP contribution is 2.19. The van der Waals surface area contributed by atoms with Crippen LogP contribution < -0.4 is 5.32 Å². The van der Waals surface area contributed by atoms with Crippen molar-refractivity contribution in [2.75, 3.05) is 19.8 Å². The third kappa shape index (κ3) is 3.93. The second-order valence-electron chi connectivity index (χ2n) is 5.24. The number of carbonyl (C=O) groups excluding carboxylic acids is 2. The van der Waals surface area contributed by atoms with E-state index in [4.69, 9.17) is 4.74 Å². The fourth-order valence-electron chi connectivity index (χ4n) is 2.47. The van der Waals surface area contributed by atoms with Gasteiger partial charge in [-0.2, -0.15) is 0 Å². The van der Waals surface area contributed by atoms with Crippen molar-refractivity contribution in [2.24, 2.45) is 5.92 Å². The molecule has 0 aliphatic carbocycles. The van der Waals surface area contributed by atoms with E-state index >= 15 is 0 Å². The topological polar surface area (TPSA) is 58.6 Å². The van der Waals surface area contributed by atoms with Crippen LogP contribution in [0, 0.1) is 5.92 Å². The second kappa shape index (κ2) is 7.48. The van der Waals surface area contributed by atoms with Crippen LogP contribution in [0.3, 0.4) is 0 Å². The Labute approximate surface area is 115 Å². The van der Waals surface area contributed by atoms with E-state index in [0.29, 0.717) is 26.2 Å². The van der Waals surface area contributed by atoms with Gasteiger partial charge < -0.3 is 15.0 Å². The van der Waals surface area contributed by atoms with Gasteiger partial charge in [-0.15, -0.1) is 0 Å². The summed E-state index contributed by atoms with van der Waals surface area (Å²) >= 11 is 0. The van der Waals surface area contributed by atoms with Crippen molar-refractivity contribution >= 4 is 11.8 Å². The molecule has 1 aliphatic heterocycles. The second-order valence-corrected chi connectivity index (χ2v) is 5.24. The highest BCUT2D eigenvalue weighted by atomic mass is 16.5. The predicted octanol–water partition coefficient (Wildman–Crippen LogP) is 1.17. The first-order valence-electron chi connectivity index (χ1n) is 7.21. The minimum Gasteiger partial charge on any atom is -0.382 e. The van der Waals surface area contributed by atoms with Gasteiger partial charge in [0.05, 0.1) is 0 Å². The standard InChI is InChI=1S/C14H26N2O3/c1-5-11-14(18)16(8-7-9-19-6-2)12(10(3)4)13(17)15-11/h10-12H,5-9H2,1-4H3,(H,15,17). The van der Waals surface area contributed by atoms with E-state index in [1.807, 2.05) is 27.7 Å². The van der Waals surface area contributed by atoms with E-state index in [0.717, 1.165) is 6.42 Å². The Balaban J connectivity index is 2.72. The maximum absolute atomic E-state index is 12.4. The monoisotopic (exact) mass is 270 g/mol. The molecule has 110 valence electrons. The number of hydrogen-bond donors (Lipinski definition) is 1. The van der Waals surface area contributed by atoms with Crippen molar-refractivity contribution in [1.29, 1.82) is 0 Å². The Bertz CT molecular complexity index is 318. The van der Waals surface area contributed by atoms with Crippen LogP contribution >= 0.6 is 0 Å². The lowest BCUT2D eigenvalue weighted by Gasteiger charge is -2.40. The molecule has 2 amide bonds. The fourth-order valence-corrected chi connectivity index (χ4v) is 2.47. The molecular formula is C14H26N2O3. The highest BCUT2D eigenvalue weighted by molar-refractivity contribution is 5.97. The van der Waals surface area contributed by atoms with Crippen LogP contribution in [-0.4, -0.2) is 48.6 Å². The molecule has 1 rings (SSSR count). The predicted molar refractivity (Wildman–Crippen MR) is 73.7 cm³/mol. The van der Waals surface area contributed by atoms with Crippen molar-refractivity contribution in [1.82, 2.24) is 10.2 Å². The molecule has 0 bridgehead atoms. The van der Waals surface area contributed by atoms with Gasteiger partial charge in [0.25, 0.3) is 0 Å². The molecule has 0 aromatic carbocycles. The minimum absolute atomic E-state index is 0.0298. The summed E-state index contributed by atoms with van der Waals surface area (Å²) < 4.78 is 5.30. The van der Waals surface area contributed by atoms with Gasteiger partial charge in [0.1, 0.15) is 12.1 Å². The van der Waals surface area contributed by atoms with Crippen LogP contribution in [0.25, 0.3) is 0 Å². The fraction of sp³-hybridized carbons (Fsp3) is 0.857. The zero-order chi connectivity index (χ0) is 14.4. The molecule has 0 spiro atoms. The number of nitrogens with zero attached hydrogens (tertiary/aromatic N) is 1. The summed E-state index contributed by atoms with van der Waals surface area (Å²) in [6.45, 7) is 9.70. The molecule has 0 aromatic rings. The molecule has 0 saturated carbocycles. The van der Waals surface area contributed by atoms with E-state index in [1.165, 1.54) is 0 Å². The van der Waals surface area contributed by atoms with Crippen molar-refractivity contribution in [2.45, 2.75) is 52.6 Å². The number of nitrogens with one attached hydrogen (secondary N) is 1. The maximum atomic E-state index is 12.4. The first kappa shape index (κ1) is 16.0. The Morgan fingerprint density at radius 1 is 1.32 bits per heavy atom. The van der Waals surface area contributed by atoms with Gasteiger partial charge in [-0.3, -0.25) is 9.59 Å². The molecule has 5 heteroatoms. The van der Waals surface area contributed by atoms with E-state index in [-0.39, 0.29) is 29.8 Å². The number of carbonyl (C=O) groups is 2. The Kier molecular flexibility index (Phi) is 6.28. The van der Waals surface area contributed by atoms with Gasteiger partial charge in [-0.05, 0) is 25.7 Å². The van der Waals surface area contributed by atoms with Crippen molar-refractivity contribution in [3.63, 3.8) is 0 Å². The largest absolute Gasteiger partial charge is 0.382 e. The highest BCUT2D eigenvalue weighted by Gasteiger charge is 2.40. The number of amides is 2. The summed E-state index contributed by atoms with van der Waals surface area (Å²) in [5.41, 5.74) is 0. The zero-order valence-electron chi connectivity index (χ0n) is 12.4. The molecule has 2 atom stereocenters. The summed E-state index contributed by atoms with van der Waals surface area (Å²) in [5.74, 6) is 0.129. The summed E-state index contributed by atoms with van der Waals surface area (Å²) in [5, 5.41) is 2.82. The van der Waals surface area contributed by atoms with Crippen molar-refractivity contribution < 1.29 is 14.3 Å². The quantitative estimate of drug-likeness (QED) is 0.707. The smallest absolute Gasteiger partial charge is 0.245 e. The maximum Gasteiger partial charge on any atom is 0.245 e. The molecule has 19 heavy (non-hydrogen) atoms. The molecule has 1 N–H and O–H groups in total. The summed E-state index contributed by atoms with van der Waals surface area (Å²) in [6, 6.07) is -0.716. The van der Waals surface area contributed by atoms with Gasteiger partial charge in [0.2, 0.25) is 11.8 Å². The number of hydrogen-bond acceptors (Lipinski definition) is 3. The lowest BCUT2D eigenvalue weighted by atomic mass is 9.96. The lowest BCUT2D eigenvalue weighted by Crippen LogP contribution is -2.64. The Morgan fingerprint density at radius 3 is 2.53 bits per heavy atom. The lowest BCUT2D eigenvalue weighted by molar-refractivity contribution is -0.151. The van der Waals surface area contributed by atoms with Crippen LogP contribution in [0.4, 0.5) is 0 Å². The third-order valence-electron chi connectivity index (χ3n) is 3.43. The molecule has 0 aromatic heterocycles. The molecule has 1 fully saturated rings. The molecule has 0 radical (unpaired) electrons. The van der Waals surface area contributed by atoms with E-state index in [9.17, 15) is 9.59 Å². The van der Waals surface area contributed by atoms with Crippen molar-refractivity contribution in [3.8, 4) is 0 Å². The van der Waals surface area contributed by atoms with Gasteiger partial charge in [-0.25, -0.2) is 0 Å². The van der Waals surface area contributed by atoms with Gasteiger partial charge in [0.15, 0.2) is 0 Å². The van der Waals surface area contributed by atoms with E-state index in [1.54, 1.807) is 4.90 Å². The van der Waals surface area contributed by atoms with Gasteiger partial charge >= 0.3 is 0 Å². The molecule has 1 heterocycles. The van der Waals surface area contributed by atoms with Crippen LogP contribution in [0.5, 0.6) is 0 Å². The van der Waals surface area contributed by atoms with Gasteiger partial charge in [0, 0.05) is 19.8 Å². The summed E-state index contributed by atoms with van der Waals surface area (Å²) in [7, 11) is 0. The summed E-state index contributed by atoms with van der Waals surface area (Å²) in [6.07, 6.45) is 1.41. The molecular weight excluding hydrogens is 244 g/mol. The number of rotatable bonds is 7. The van der Waals surface area contributed by atoms with Gasteiger partial charge in [-0.1, -0.05) is 20.8 Å². The SMILES string of the molecule is CCOCCCN1C(=O)C(CC)NC(=O)C1C(C)C. The first-order valence-corrected chi connectivity index (χ1v) is 7.21. The average Bonchev–Trinajstić information content (AvgIpc) is 2.37. The van der Waals surface area contributed by atoms with Crippen LogP contribution in [0.1, 0.15) is 40.5 Å². The zero-order valence-corrected chi connectivity index (χ0v) is 12.4. The average molecular weight is 270 g/mol. The first-order chi connectivity index (χ1) is 9.02. The molecule has 2 unspecified atom stereocenters. The van der Waals surface area contributed by atoms with Crippen LogP contribution in [-0.2, 0) is 14.3 Å². The number of ether oxygens (including phenoxy) is 1. The van der Waals surface area contributed by atoms with Crippen LogP contribution in [0.2, 0.25) is 0 Å². The Morgan fingerprint density at radius 2 is 2.00 bits per heavy atom. The number of piperazine rings is 1. The van der Waals surface area contributed by atoms with E-state index in [2.05, 4.69) is 5.32 Å². The van der Waals surface area contributed by atoms with Crippen molar-refractivity contribution in [3.05, 3.63) is 0 Å². The van der Waals surface area contributed by atoms with Crippen LogP contribution in [0.15, 0.2) is 0 Å². The molecule has 1 aliphatic rings. The summed E-state index contributed by atoms with van der Waals surface area (Å²) in [4.78, 5) is 26.2. The molecule has 1 saturated heterocycles. The molecule has 5 nitrogen and oxygen atoms in total.